The third-order valence-corrected chi connectivity index (χ3v) is 5.44. The molecule has 3 rings (SSSR count). The lowest BCUT2D eigenvalue weighted by molar-refractivity contribution is -0.139. The van der Waals surface area contributed by atoms with Gasteiger partial charge in [-0.05, 0) is 37.5 Å². The molecule has 1 aromatic carbocycles. The molecular formula is C20H27N3O4. The zero-order chi connectivity index (χ0) is 19.4. The molecule has 7 nitrogen and oxygen atoms in total. The van der Waals surface area contributed by atoms with Crippen molar-refractivity contribution >= 4 is 17.8 Å². The summed E-state index contributed by atoms with van der Waals surface area (Å²) in [6.45, 7) is 2.84. The molecule has 2 saturated heterocycles. The Morgan fingerprint density at radius 2 is 1.67 bits per heavy atom. The van der Waals surface area contributed by atoms with E-state index in [-0.39, 0.29) is 12.5 Å². The van der Waals surface area contributed by atoms with E-state index in [0.717, 1.165) is 30.6 Å². The van der Waals surface area contributed by atoms with E-state index < -0.39 is 17.5 Å². The number of methoxy groups -OCH3 is 1. The van der Waals surface area contributed by atoms with Crippen LogP contribution in [0.4, 0.5) is 4.79 Å². The van der Waals surface area contributed by atoms with Crippen LogP contribution in [-0.2, 0) is 15.1 Å². The third-order valence-electron chi connectivity index (χ3n) is 5.44. The number of benzene rings is 1. The molecule has 1 aromatic rings. The van der Waals surface area contributed by atoms with E-state index in [9.17, 15) is 14.4 Å². The molecule has 0 aromatic heterocycles. The Kier molecular flexibility index (Phi) is 5.68. The lowest BCUT2D eigenvalue weighted by atomic mass is 9.92. The SMILES string of the molecule is COc1ccc([C@@]2(C)NC(=O)N(CC(=O)N3CCCCCCC3)C2=O)cc1. The van der Waals surface area contributed by atoms with Gasteiger partial charge in [-0.25, -0.2) is 4.79 Å². The second-order valence-electron chi connectivity index (χ2n) is 7.32. The number of nitrogens with zero attached hydrogens (tertiary/aromatic N) is 2. The summed E-state index contributed by atoms with van der Waals surface area (Å²) in [4.78, 5) is 40.9. The molecule has 2 aliphatic heterocycles. The van der Waals surface area contributed by atoms with Crippen LogP contribution in [0.25, 0.3) is 0 Å². The van der Waals surface area contributed by atoms with Crippen LogP contribution in [-0.4, -0.2) is 54.4 Å². The van der Waals surface area contributed by atoms with Crippen molar-refractivity contribution < 1.29 is 19.1 Å². The summed E-state index contributed by atoms with van der Waals surface area (Å²) in [5.74, 6) is 0.0979. The molecule has 0 bridgehead atoms. The number of rotatable bonds is 4. The summed E-state index contributed by atoms with van der Waals surface area (Å²) in [6, 6.07) is 6.46. The molecule has 27 heavy (non-hydrogen) atoms. The van der Waals surface area contributed by atoms with E-state index in [1.54, 1.807) is 43.2 Å². The van der Waals surface area contributed by atoms with Crippen LogP contribution in [0.1, 0.15) is 44.6 Å². The molecule has 0 unspecified atom stereocenters. The monoisotopic (exact) mass is 373 g/mol. The van der Waals surface area contributed by atoms with Gasteiger partial charge in [0.1, 0.15) is 17.8 Å². The van der Waals surface area contributed by atoms with Crippen molar-refractivity contribution in [3.05, 3.63) is 29.8 Å². The summed E-state index contributed by atoms with van der Waals surface area (Å²) in [5.41, 5.74) is -0.525. The van der Waals surface area contributed by atoms with E-state index in [0.29, 0.717) is 24.4 Å². The van der Waals surface area contributed by atoms with Crippen LogP contribution in [0, 0.1) is 0 Å². The molecule has 0 spiro atoms. The quantitative estimate of drug-likeness (QED) is 0.821. The van der Waals surface area contributed by atoms with E-state index in [1.165, 1.54) is 6.42 Å². The van der Waals surface area contributed by atoms with Crippen LogP contribution in [0.5, 0.6) is 5.75 Å². The fraction of sp³-hybridized carbons (Fsp3) is 0.550. The number of hydrogen-bond donors (Lipinski definition) is 1. The van der Waals surface area contributed by atoms with Crippen LogP contribution in [0.15, 0.2) is 24.3 Å². The molecule has 7 heteroatoms. The van der Waals surface area contributed by atoms with Gasteiger partial charge in [0.05, 0.1) is 7.11 Å². The molecule has 2 aliphatic rings. The van der Waals surface area contributed by atoms with Gasteiger partial charge in [-0.3, -0.25) is 14.5 Å². The fourth-order valence-corrected chi connectivity index (χ4v) is 3.69. The Morgan fingerprint density at radius 3 is 2.26 bits per heavy atom. The molecule has 0 radical (unpaired) electrons. The van der Waals surface area contributed by atoms with Crippen molar-refractivity contribution in [2.45, 2.75) is 44.6 Å². The van der Waals surface area contributed by atoms with E-state index in [2.05, 4.69) is 5.32 Å². The smallest absolute Gasteiger partial charge is 0.325 e. The van der Waals surface area contributed by atoms with Crippen molar-refractivity contribution in [1.82, 2.24) is 15.1 Å². The molecule has 146 valence electrons. The van der Waals surface area contributed by atoms with Gasteiger partial charge in [-0.15, -0.1) is 0 Å². The highest BCUT2D eigenvalue weighted by Gasteiger charge is 2.49. The Labute approximate surface area is 159 Å². The number of amides is 4. The predicted octanol–water partition coefficient (Wildman–Crippen LogP) is 2.25. The summed E-state index contributed by atoms with van der Waals surface area (Å²) in [6.07, 6.45) is 5.37. The molecule has 0 saturated carbocycles. The minimum Gasteiger partial charge on any atom is -0.497 e. The Morgan fingerprint density at radius 1 is 1.07 bits per heavy atom. The van der Waals surface area contributed by atoms with Crippen molar-refractivity contribution in [2.24, 2.45) is 0 Å². The van der Waals surface area contributed by atoms with Crippen molar-refractivity contribution in [1.29, 1.82) is 0 Å². The van der Waals surface area contributed by atoms with Gasteiger partial charge in [0, 0.05) is 13.1 Å². The number of imide groups is 1. The van der Waals surface area contributed by atoms with Crippen LogP contribution in [0.2, 0.25) is 0 Å². The van der Waals surface area contributed by atoms with Gasteiger partial charge in [-0.2, -0.15) is 0 Å². The fourth-order valence-electron chi connectivity index (χ4n) is 3.69. The molecule has 0 aliphatic carbocycles. The van der Waals surface area contributed by atoms with Crippen LogP contribution >= 0.6 is 0 Å². The van der Waals surface area contributed by atoms with E-state index in [4.69, 9.17) is 4.74 Å². The normalized spacial score (nSPS) is 23.6. The van der Waals surface area contributed by atoms with Gasteiger partial charge in [-0.1, -0.05) is 31.4 Å². The number of ether oxygens (including phenoxy) is 1. The summed E-state index contributed by atoms with van der Waals surface area (Å²) >= 11 is 0. The Bertz CT molecular complexity index is 710. The number of carbonyl (C=O) groups is 3. The molecule has 1 atom stereocenters. The summed E-state index contributed by atoms with van der Waals surface area (Å²) in [7, 11) is 1.57. The van der Waals surface area contributed by atoms with Crippen molar-refractivity contribution in [3.8, 4) is 5.75 Å². The predicted molar refractivity (Wildman–Crippen MR) is 100 cm³/mol. The first-order chi connectivity index (χ1) is 13.0. The first kappa shape index (κ1) is 19.2. The number of likely N-dealkylation sites (tertiary alicyclic amines) is 1. The van der Waals surface area contributed by atoms with Crippen LogP contribution in [0.3, 0.4) is 0 Å². The average Bonchev–Trinajstić information content (AvgIpc) is 2.85. The highest BCUT2D eigenvalue weighted by molar-refractivity contribution is 6.09. The molecule has 2 fully saturated rings. The highest BCUT2D eigenvalue weighted by Crippen LogP contribution is 2.30. The van der Waals surface area contributed by atoms with Gasteiger partial charge in [0.15, 0.2) is 0 Å². The van der Waals surface area contributed by atoms with Crippen molar-refractivity contribution in [2.75, 3.05) is 26.7 Å². The number of carbonyl (C=O) groups excluding carboxylic acids is 3. The zero-order valence-corrected chi connectivity index (χ0v) is 16.0. The van der Waals surface area contributed by atoms with E-state index in [1.807, 2.05) is 0 Å². The molecule has 2 heterocycles. The van der Waals surface area contributed by atoms with Crippen molar-refractivity contribution in [3.63, 3.8) is 0 Å². The van der Waals surface area contributed by atoms with Crippen LogP contribution < -0.4 is 10.1 Å². The van der Waals surface area contributed by atoms with Gasteiger partial charge in [0.2, 0.25) is 5.91 Å². The first-order valence-electron chi connectivity index (χ1n) is 9.52. The molecule has 1 N–H and O–H groups in total. The lowest BCUT2D eigenvalue weighted by Crippen LogP contribution is -2.45. The summed E-state index contributed by atoms with van der Waals surface area (Å²) in [5, 5.41) is 2.74. The topological polar surface area (TPSA) is 79.0 Å². The second-order valence-corrected chi connectivity index (χ2v) is 7.32. The lowest BCUT2D eigenvalue weighted by Gasteiger charge is -2.27. The largest absolute Gasteiger partial charge is 0.497 e. The Balaban J connectivity index is 1.72. The molecular weight excluding hydrogens is 346 g/mol. The highest BCUT2D eigenvalue weighted by atomic mass is 16.5. The number of nitrogens with one attached hydrogen (secondary N) is 1. The minimum absolute atomic E-state index is 0.167. The third kappa shape index (κ3) is 3.91. The zero-order valence-electron chi connectivity index (χ0n) is 16.0. The van der Waals surface area contributed by atoms with E-state index >= 15 is 0 Å². The number of hydrogen-bond acceptors (Lipinski definition) is 4. The second kappa shape index (κ2) is 7.98. The number of urea groups is 1. The maximum Gasteiger partial charge on any atom is 0.325 e. The minimum atomic E-state index is -1.18. The maximum atomic E-state index is 13.0. The Hall–Kier alpha value is -2.57. The first-order valence-corrected chi connectivity index (χ1v) is 9.52. The molecule has 4 amide bonds. The van der Waals surface area contributed by atoms with Gasteiger partial charge in [0.25, 0.3) is 5.91 Å². The van der Waals surface area contributed by atoms with Gasteiger partial charge >= 0.3 is 6.03 Å². The van der Waals surface area contributed by atoms with Gasteiger partial charge < -0.3 is 15.0 Å². The standard InChI is InChI=1S/C20H27N3O4/c1-20(15-8-10-16(27-2)11-9-15)18(25)23(19(26)21-20)14-17(24)22-12-6-4-3-5-7-13-22/h8-11H,3-7,12-14H2,1-2H3,(H,21,26)/t20-/m1/s1. The average molecular weight is 373 g/mol. The summed E-state index contributed by atoms with van der Waals surface area (Å²) < 4.78 is 5.14. The maximum absolute atomic E-state index is 13.0.